The van der Waals surface area contributed by atoms with Crippen molar-refractivity contribution in [1.82, 2.24) is 4.57 Å². The highest BCUT2D eigenvalue weighted by atomic mass is 35.5. The Morgan fingerprint density at radius 1 is 1.40 bits per heavy atom. The van der Waals surface area contributed by atoms with E-state index < -0.39 is 21.9 Å². The molecular weight excluding hydrogens is 348 g/mol. The Balaban J connectivity index is 2.34. The molecule has 1 aliphatic rings. The van der Waals surface area contributed by atoms with Crippen LogP contribution in [0.2, 0.25) is 5.02 Å². The fraction of sp³-hybridized carbons (Fsp3) is 0.188. The molecule has 0 spiro atoms. The largest absolute Gasteiger partial charge is 0.466 e. The maximum Gasteiger partial charge on any atom is 0.336 e. The minimum absolute atomic E-state index is 0.0104. The summed E-state index contributed by atoms with van der Waals surface area (Å²) in [7, 11) is 0. The lowest BCUT2D eigenvalue weighted by Crippen LogP contribution is -2.38. The molecule has 0 saturated carbocycles. The summed E-state index contributed by atoms with van der Waals surface area (Å²) >= 11 is 5.94. The van der Waals surface area contributed by atoms with E-state index in [0.717, 1.165) is 10.6 Å². The lowest BCUT2D eigenvalue weighted by molar-refractivity contribution is -0.386. The van der Waals surface area contributed by atoms with E-state index in [1.165, 1.54) is 12.3 Å². The molecule has 1 aromatic carbocycles. The van der Waals surface area contributed by atoms with E-state index in [1.807, 2.05) is 6.07 Å². The number of pyridine rings is 1. The van der Waals surface area contributed by atoms with Crippen LogP contribution in [0.4, 0.5) is 5.69 Å². The number of fused-ring (bicyclic) bond motifs is 1. The predicted octanol–water partition coefficient (Wildman–Crippen LogP) is 2.70. The van der Waals surface area contributed by atoms with Crippen molar-refractivity contribution in [3.63, 3.8) is 0 Å². The Hall–Kier alpha value is -3.18. The van der Waals surface area contributed by atoms with E-state index in [4.69, 9.17) is 21.6 Å². The predicted molar refractivity (Wildman–Crippen MR) is 90.2 cm³/mol. The molecule has 0 unspecified atom stereocenters. The van der Waals surface area contributed by atoms with Gasteiger partial charge in [0.25, 0.3) is 0 Å². The first-order chi connectivity index (χ1) is 11.7. The van der Waals surface area contributed by atoms with Gasteiger partial charge >= 0.3 is 11.2 Å². The van der Waals surface area contributed by atoms with Gasteiger partial charge in [0.15, 0.2) is 5.72 Å². The first-order valence-electron chi connectivity index (χ1n) is 7.12. The van der Waals surface area contributed by atoms with Crippen molar-refractivity contribution in [2.75, 3.05) is 0 Å². The van der Waals surface area contributed by atoms with E-state index in [9.17, 15) is 14.9 Å². The van der Waals surface area contributed by atoms with Gasteiger partial charge < -0.3 is 4.74 Å². The number of nitriles is 1. The normalized spacial score (nSPS) is 14.7. The second-order valence-corrected chi connectivity index (χ2v) is 6.22. The van der Waals surface area contributed by atoms with Crippen LogP contribution >= 0.6 is 11.6 Å². The summed E-state index contributed by atoms with van der Waals surface area (Å²) in [4.78, 5) is 27.2. The summed E-state index contributed by atoms with van der Waals surface area (Å²) < 4.78 is 6.74. The molecule has 1 aliphatic heterocycles. The van der Waals surface area contributed by atoms with Crippen LogP contribution in [-0.4, -0.2) is 21.1 Å². The summed E-state index contributed by atoms with van der Waals surface area (Å²) in [6.07, 6.45) is 1.25. The first-order valence-corrected chi connectivity index (χ1v) is 7.50. The number of halogens is 1. The molecule has 2 aromatic rings. The van der Waals surface area contributed by atoms with Gasteiger partial charge in [-0.3, -0.25) is 19.5 Å². The van der Waals surface area contributed by atoms with Crippen molar-refractivity contribution in [1.29, 1.82) is 5.26 Å². The van der Waals surface area contributed by atoms with Crippen LogP contribution in [0, 0.1) is 21.4 Å². The molecule has 3 rings (SSSR count). The fourth-order valence-corrected chi connectivity index (χ4v) is 2.68. The lowest BCUT2D eigenvalue weighted by atomic mass is 10.1. The Morgan fingerprint density at radius 2 is 2.12 bits per heavy atom. The minimum atomic E-state index is -1.01. The van der Waals surface area contributed by atoms with Crippen LogP contribution in [0.25, 0.3) is 0 Å². The van der Waals surface area contributed by atoms with Crippen LogP contribution in [0.5, 0.6) is 5.75 Å². The van der Waals surface area contributed by atoms with Crippen LogP contribution in [0.3, 0.4) is 0 Å². The van der Waals surface area contributed by atoms with Crippen molar-refractivity contribution in [3.8, 4) is 11.8 Å². The summed E-state index contributed by atoms with van der Waals surface area (Å²) in [6.45, 7) is 3.36. The SMILES string of the molecule is CC1(C)N=C(n2cc(Cl)cc([N+](=O)[O-])c2=O)c2cc(C#N)ccc2O1. The van der Waals surface area contributed by atoms with Gasteiger partial charge in [-0.25, -0.2) is 4.99 Å². The second kappa shape index (κ2) is 5.72. The van der Waals surface area contributed by atoms with Gasteiger partial charge in [0, 0.05) is 12.3 Å². The number of hydrogen-bond acceptors (Lipinski definition) is 6. The monoisotopic (exact) mass is 358 g/mol. The molecule has 0 bridgehead atoms. The van der Waals surface area contributed by atoms with Crippen molar-refractivity contribution >= 4 is 23.1 Å². The number of aliphatic imine (C=N–C) groups is 1. The lowest BCUT2D eigenvalue weighted by Gasteiger charge is -2.30. The number of hydrogen-bond donors (Lipinski definition) is 0. The molecule has 25 heavy (non-hydrogen) atoms. The number of rotatable bonds is 1. The zero-order valence-electron chi connectivity index (χ0n) is 13.2. The summed E-state index contributed by atoms with van der Waals surface area (Å²) in [5.74, 6) is 0.530. The molecule has 0 amide bonds. The van der Waals surface area contributed by atoms with Gasteiger partial charge in [0.1, 0.15) is 11.6 Å². The number of nitro groups is 1. The summed E-state index contributed by atoms with van der Waals surface area (Å²) in [5.41, 5.74) is -1.85. The van der Waals surface area contributed by atoms with E-state index in [0.29, 0.717) is 16.9 Å². The maximum atomic E-state index is 12.5. The highest BCUT2D eigenvalue weighted by Crippen LogP contribution is 2.31. The standard InChI is InChI=1S/C16H11ClN4O4/c1-16(2)19-14(11-5-9(7-18)3-4-13(11)25-16)20-8-10(17)6-12(15(20)22)21(23)24/h3-6,8H,1-2H3. The molecule has 126 valence electrons. The number of ether oxygens (including phenoxy) is 1. The van der Waals surface area contributed by atoms with Crippen LogP contribution in [0.15, 0.2) is 40.2 Å². The van der Waals surface area contributed by atoms with E-state index >= 15 is 0 Å². The zero-order valence-corrected chi connectivity index (χ0v) is 13.9. The minimum Gasteiger partial charge on any atom is -0.466 e. The first kappa shape index (κ1) is 16.7. The maximum absolute atomic E-state index is 12.5. The number of aromatic nitrogens is 1. The van der Waals surface area contributed by atoms with Gasteiger partial charge in [-0.1, -0.05) is 11.6 Å². The summed E-state index contributed by atoms with van der Waals surface area (Å²) in [5, 5.41) is 20.2. The van der Waals surface area contributed by atoms with Gasteiger partial charge in [-0.15, -0.1) is 0 Å². The Kier molecular flexibility index (Phi) is 3.81. The highest BCUT2D eigenvalue weighted by Gasteiger charge is 2.31. The Morgan fingerprint density at radius 3 is 2.76 bits per heavy atom. The van der Waals surface area contributed by atoms with E-state index in [1.54, 1.807) is 26.0 Å². The number of benzene rings is 1. The van der Waals surface area contributed by atoms with Gasteiger partial charge in [0.2, 0.25) is 0 Å². The van der Waals surface area contributed by atoms with Gasteiger partial charge in [0.05, 0.1) is 27.1 Å². The van der Waals surface area contributed by atoms with Crippen molar-refractivity contribution in [2.45, 2.75) is 19.6 Å². The third kappa shape index (κ3) is 2.97. The Bertz CT molecular complexity index is 1030. The smallest absolute Gasteiger partial charge is 0.336 e. The third-order valence-electron chi connectivity index (χ3n) is 3.47. The molecular formula is C16H11ClN4O4. The Labute approximate surface area is 146 Å². The quantitative estimate of drug-likeness (QED) is 0.574. The van der Waals surface area contributed by atoms with Crippen molar-refractivity contribution in [3.05, 3.63) is 67.1 Å². The topological polar surface area (TPSA) is 111 Å². The zero-order chi connectivity index (χ0) is 18.4. The van der Waals surface area contributed by atoms with E-state index in [2.05, 4.69) is 4.99 Å². The second-order valence-electron chi connectivity index (χ2n) is 5.78. The van der Waals surface area contributed by atoms with Crippen LogP contribution < -0.4 is 10.3 Å². The molecule has 0 saturated heterocycles. The van der Waals surface area contributed by atoms with Crippen molar-refractivity contribution in [2.24, 2.45) is 4.99 Å². The number of nitrogens with zero attached hydrogens (tertiary/aromatic N) is 4. The molecule has 2 heterocycles. The van der Waals surface area contributed by atoms with Gasteiger partial charge in [-0.2, -0.15) is 5.26 Å². The molecule has 9 heteroatoms. The molecule has 0 atom stereocenters. The fourth-order valence-electron chi connectivity index (χ4n) is 2.48. The molecule has 8 nitrogen and oxygen atoms in total. The molecule has 0 aliphatic carbocycles. The molecule has 0 N–H and O–H groups in total. The molecule has 0 radical (unpaired) electrons. The molecule has 0 fully saturated rings. The van der Waals surface area contributed by atoms with Crippen LogP contribution in [0.1, 0.15) is 25.0 Å². The summed E-state index contributed by atoms with van der Waals surface area (Å²) in [6, 6.07) is 7.64. The highest BCUT2D eigenvalue weighted by molar-refractivity contribution is 6.30. The average molecular weight is 359 g/mol. The molecule has 1 aromatic heterocycles. The van der Waals surface area contributed by atoms with Gasteiger partial charge in [-0.05, 0) is 32.0 Å². The third-order valence-corrected chi connectivity index (χ3v) is 3.68. The average Bonchev–Trinajstić information content (AvgIpc) is 2.54. The van der Waals surface area contributed by atoms with Crippen LogP contribution in [-0.2, 0) is 0 Å². The van der Waals surface area contributed by atoms with Crippen molar-refractivity contribution < 1.29 is 9.66 Å². The van der Waals surface area contributed by atoms with E-state index in [-0.39, 0.29) is 10.9 Å².